The number of aromatic nitrogens is 2. The summed E-state index contributed by atoms with van der Waals surface area (Å²) in [6.45, 7) is 2.19. The van der Waals surface area contributed by atoms with Crippen LogP contribution in [-0.4, -0.2) is 55.8 Å². The van der Waals surface area contributed by atoms with Crippen molar-refractivity contribution in [2.45, 2.75) is 13.3 Å². The molecule has 1 rings (SSSR count). The molecule has 0 aromatic carbocycles. The van der Waals surface area contributed by atoms with Gasteiger partial charge in [-0.05, 0) is 6.42 Å². The number of hydrogen-bond acceptors (Lipinski definition) is 8. The van der Waals surface area contributed by atoms with E-state index in [1.165, 1.54) is 31.5 Å². The summed E-state index contributed by atoms with van der Waals surface area (Å²) in [5.74, 6) is -0.338. The molecule has 8 nitrogen and oxygen atoms in total. The Hall–Kier alpha value is -2.38. The Balaban J connectivity index is 2.89. The van der Waals surface area contributed by atoms with Crippen LogP contribution in [0.5, 0.6) is 5.88 Å². The first-order valence-corrected chi connectivity index (χ1v) is 6.44. The predicted octanol–water partition coefficient (Wildman–Crippen LogP) is 0.418. The van der Waals surface area contributed by atoms with Gasteiger partial charge in [-0.25, -0.2) is 0 Å². The first-order chi connectivity index (χ1) is 10.1. The highest BCUT2D eigenvalue weighted by Gasteiger charge is 2.18. The maximum absolute atomic E-state index is 11.4. The minimum atomic E-state index is -0.499. The number of methoxy groups -OCH3 is 2. The average Bonchev–Trinajstić information content (AvgIpc) is 2.52. The summed E-state index contributed by atoms with van der Waals surface area (Å²) in [5, 5.41) is 0. The van der Waals surface area contributed by atoms with Crippen LogP contribution in [0, 0.1) is 0 Å². The van der Waals surface area contributed by atoms with Gasteiger partial charge in [0.15, 0.2) is 5.82 Å². The van der Waals surface area contributed by atoms with Crippen LogP contribution in [0.4, 0.5) is 5.82 Å². The molecule has 0 bridgehead atoms. The molecular formula is C13H19N3O5. The van der Waals surface area contributed by atoms with Crippen LogP contribution in [0.1, 0.15) is 13.3 Å². The highest BCUT2D eigenvalue weighted by Crippen LogP contribution is 2.14. The number of nitrogens with zero attached hydrogens (tertiary/aromatic N) is 3. The molecule has 0 N–H and O–H groups in total. The van der Waals surface area contributed by atoms with E-state index in [1.807, 2.05) is 6.92 Å². The summed E-state index contributed by atoms with van der Waals surface area (Å²) in [7, 11) is 2.54. The topological polar surface area (TPSA) is 90.8 Å². The van der Waals surface area contributed by atoms with Crippen molar-refractivity contribution in [2.24, 2.45) is 0 Å². The Morgan fingerprint density at radius 1 is 1.14 bits per heavy atom. The SMILES string of the molecule is CCCOc1cncc(N(CC(=O)OC)CC(=O)OC)n1. The fourth-order valence-corrected chi connectivity index (χ4v) is 1.43. The Morgan fingerprint density at radius 2 is 1.76 bits per heavy atom. The molecule has 0 saturated carbocycles. The molecule has 1 aromatic rings. The largest absolute Gasteiger partial charge is 0.477 e. The lowest BCUT2D eigenvalue weighted by atomic mass is 10.4. The maximum atomic E-state index is 11.4. The number of carbonyl (C=O) groups is 2. The van der Waals surface area contributed by atoms with E-state index in [0.29, 0.717) is 18.3 Å². The van der Waals surface area contributed by atoms with Crippen LogP contribution in [0.3, 0.4) is 0 Å². The smallest absolute Gasteiger partial charge is 0.325 e. The summed E-state index contributed by atoms with van der Waals surface area (Å²) in [6.07, 6.45) is 3.73. The summed E-state index contributed by atoms with van der Waals surface area (Å²) in [4.78, 5) is 32.5. The van der Waals surface area contributed by atoms with E-state index in [-0.39, 0.29) is 13.1 Å². The van der Waals surface area contributed by atoms with E-state index in [4.69, 9.17) is 4.74 Å². The van der Waals surface area contributed by atoms with E-state index in [9.17, 15) is 9.59 Å². The molecule has 0 amide bonds. The fourth-order valence-electron chi connectivity index (χ4n) is 1.43. The molecule has 0 aliphatic heterocycles. The molecular weight excluding hydrogens is 278 g/mol. The zero-order valence-electron chi connectivity index (χ0n) is 12.4. The van der Waals surface area contributed by atoms with Crippen LogP contribution in [0.2, 0.25) is 0 Å². The van der Waals surface area contributed by atoms with Gasteiger partial charge >= 0.3 is 11.9 Å². The van der Waals surface area contributed by atoms with Crippen molar-refractivity contribution in [3.63, 3.8) is 0 Å². The lowest BCUT2D eigenvalue weighted by molar-refractivity contribution is -0.140. The molecule has 0 fully saturated rings. The quantitative estimate of drug-likeness (QED) is 0.637. The Labute approximate surface area is 123 Å². The van der Waals surface area contributed by atoms with E-state index < -0.39 is 11.9 Å². The molecule has 1 heterocycles. The third-order valence-corrected chi connectivity index (χ3v) is 2.47. The minimum Gasteiger partial charge on any atom is -0.477 e. The summed E-state index contributed by atoms with van der Waals surface area (Å²) < 4.78 is 14.6. The van der Waals surface area contributed by atoms with E-state index in [0.717, 1.165) is 6.42 Å². The molecule has 8 heteroatoms. The molecule has 0 spiro atoms. The average molecular weight is 297 g/mol. The second-order valence-electron chi connectivity index (χ2n) is 4.07. The van der Waals surface area contributed by atoms with Gasteiger partial charge in [-0.3, -0.25) is 14.6 Å². The van der Waals surface area contributed by atoms with Crippen LogP contribution in [0.25, 0.3) is 0 Å². The van der Waals surface area contributed by atoms with Gasteiger partial charge in [0.2, 0.25) is 5.88 Å². The lowest BCUT2D eigenvalue weighted by Gasteiger charge is -2.20. The minimum absolute atomic E-state index is 0.141. The standard InChI is InChI=1S/C13H19N3O5/c1-4-5-21-11-7-14-6-10(15-11)16(8-12(17)19-2)9-13(18)20-3/h6-7H,4-5,8-9H2,1-3H3. The highest BCUT2D eigenvalue weighted by molar-refractivity contribution is 5.80. The summed E-state index contributed by atoms with van der Waals surface area (Å²) >= 11 is 0. The van der Waals surface area contributed by atoms with Crippen LogP contribution >= 0.6 is 0 Å². The Kier molecular flexibility index (Phi) is 6.93. The summed E-state index contributed by atoms with van der Waals surface area (Å²) in [6, 6.07) is 0. The predicted molar refractivity (Wildman–Crippen MR) is 74.1 cm³/mol. The van der Waals surface area contributed by atoms with E-state index in [2.05, 4.69) is 19.4 Å². The second-order valence-corrected chi connectivity index (χ2v) is 4.07. The van der Waals surface area contributed by atoms with E-state index >= 15 is 0 Å². The van der Waals surface area contributed by atoms with Crippen LogP contribution in [0.15, 0.2) is 12.4 Å². The van der Waals surface area contributed by atoms with Crippen molar-refractivity contribution < 1.29 is 23.8 Å². The second kappa shape index (κ2) is 8.72. The fraction of sp³-hybridized carbons (Fsp3) is 0.538. The Bertz CT molecular complexity index is 463. The number of rotatable bonds is 8. The lowest BCUT2D eigenvalue weighted by Crippen LogP contribution is -2.36. The van der Waals surface area contributed by atoms with Gasteiger partial charge in [0.1, 0.15) is 13.1 Å². The number of carbonyl (C=O) groups excluding carboxylic acids is 2. The first-order valence-electron chi connectivity index (χ1n) is 6.44. The molecule has 0 aliphatic carbocycles. The van der Waals surface area contributed by atoms with Crippen molar-refractivity contribution in [3.8, 4) is 5.88 Å². The molecule has 1 aromatic heterocycles. The summed E-state index contributed by atoms with van der Waals surface area (Å²) in [5.41, 5.74) is 0. The van der Waals surface area contributed by atoms with Gasteiger partial charge in [-0.15, -0.1) is 0 Å². The normalized spacial score (nSPS) is 9.86. The zero-order chi connectivity index (χ0) is 15.7. The number of ether oxygens (including phenoxy) is 3. The molecule has 0 saturated heterocycles. The van der Waals surface area contributed by atoms with Gasteiger partial charge < -0.3 is 19.1 Å². The van der Waals surface area contributed by atoms with E-state index in [1.54, 1.807) is 0 Å². The highest BCUT2D eigenvalue weighted by atomic mass is 16.5. The molecule has 0 radical (unpaired) electrons. The van der Waals surface area contributed by atoms with Gasteiger partial charge in [0.05, 0.1) is 33.2 Å². The van der Waals surface area contributed by atoms with Crippen molar-refractivity contribution in [3.05, 3.63) is 12.4 Å². The molecule has 116 valence electrons. The number of anilines is 1. The van der Waals surface area contributed by atoms with Gasteiger partial charge in [0.25, 0.3) is 0 Å². The van der Waals surface area contributed by atoms with Crippen molar-refractivity contribution in [2.75, 3.05) is 38.8 Å². The first kappa shape index (κ1) is 16.7. The van der Waals surface area contributed by atoms with Crippen molar-refractivity contribution in [1.29, 1.82) is 0 Å². The van der Waals surface area contributed by atoms with Gasteiger partial charge in [0, 0.05) is 0 Å². The third-order valence-electron chi connectivity index (χ3n) is 2.47. The van der Waals surface area contributed by atoms with Crippen LogP contribution in [-0.2, 0) is 19.1 Å². The monoisotopic (exact) mass is 297 g/mol. The number of hydrogen-bond donors (Lipinski definition) is 0. The zero-order valence-corrected chi connectivity index (χ0v) is 12.4. The molecule has 0 aliphatic rings. The van der Waals surface area contributed by atoms with Crippen molar-refractivity contribution >= 4 is 17.8 Å². The maximum Gasteiger partial charge on any atom is 0.325 e. The number of esters is 2. The van der Waals surface area contributed by atoms with Gasteiger partial charge in [-0.2, -0.15) is 4.98 Å². The molecule has 0 atom stereocenters. The molecule has 21 heavy (non-hydrogen) atoms. The van der Waals surface area contributed by atoms with Crippen molar-refractivity contribution in [1.82, 2.24) is 9.97 Å². The van der Waals surface area contributed by atoms with Crippen LogP contribution < -0.4 is 9.64 Å². The Morgan fingerprint density at radius 3 is 2.29 bits per heavy atom. The van der Waals surface area contributed by atoms with Gasteiger partial charge in [-0.1, -0.05) is 6.92 Å². The third kappa shape index (κ3) is 5.64. The molecule has 0 unspecified atom stereocenters.